The number of sulfonamides is 1. The van der Waals surface area contributed by atoms with E-state index in [0.717, 1.165) is 23.1 Å². The van der Waals surface area contributed by atoms with Crippen molar-refractivity contribution >= 4 is 33.4 Å². The zero-order chi connectivity index (χ0) is 35.4. The van der Waals surface area contributed by atoms with Crippen LogP contribution in [0.4, 0.5) is 16.2 Å². The van der Waals surface area contributed by atoms with Crippen LogP contribution in [0.3, 0.4) is 0 Å². The van der Waals surface area contributed by atoms with Gasteiger partial charge in [0.1, 0.15) is 17.7 Å². The molecule has 13 nitrogen and oxygen atoms in total. The number of ether oxygens (including phenoxy) is 3. The highest BCUT2D eigenvalue weighted by atomic mass is 32.2. The van der Waals surface area contributed by atoms with Crippen LogP contribution in [-0.2, 0) is 26.7 Å². The molecule has 1 aliphatic rings. The summed E-state index contributed by atoms with van der Waals surface area (Å²) in [6, 6.07) is 10.3. The summed E-state index contributed by atoms with van der Waals surface area (Å²) in [5.74, 6) is 0.505. The predicted molar refractivity (Wildman–Crippen MR) is 184 cm³/mol. The van der Waals surface area contributed by atoms with Crippen molar-refractivity contribution in [3.8, 4) is 17.4 Å². The van der Waals surface area contributed by atoms with E-state index >= 15 is 0 Å². The first-order valence-electron chi connectivity index (χ1n) is 15.6. The fourth-order valence-corrected chi connectivity index (χ4v) is 5.52. The van der Waals surface area contributed by atoms with Crippen molar-refractivity contribution in [2.24, 2.45) is 0 Å². The van der Waals surface area contributed by atoms with E-state index in [0.29, 0.717) is 55.6 Å². The Morgan fingerprint density at radius 3 is 2.21 bits per heavy atom. The summed E-state index contributed by atoms with van der Waals surface area (Å²) in [6.07, 6.45) is 2.18. The van der Waals surface area contributed by atoms with Gasteiger partial charge in [-0.2, -0.15) is 0 Å². The Morgan fingerprint density at radius 2 is 1.60 bits per heavy atom. The van der Waals surface area contributed by atoms with Crippen LogP contribution in [0, 0.1) is 6.92 Å². The molecule has 4 rings (SSSR count). The Balaban J connectivity index is 1.48. The second-order valence-electron chi connectivity index (χ2n) is 13.9. The standard InChI is InChI=1S/C34H46N6O7S/c1-22-10-11-23(31(41)37-26-17-24(33(2,3)4)18-27(30(26)45-8)38-48(9,43)44)16-28(22)46-29-19-25(35-21-36-29)20-39-12-14-40(15-13-39)32(42)47-34(5,6)7/h10-11,16-19,21,38H,12-15,20H2,1-9H3,(H,37,41). The number of hydrogen-bond donors (Lipinski definition) is 2. The number of nitrogens with one attached hydrogen (secondary N) is 2. The van der Waals surface area contributed by atoms with E-state index in [4.69, 9.17) is 14.2 Å². The topological polar surface area (TPSA) is 152 Å². The van der Waals surface area contributed by atoms with Gasteiger partial charge in [-0.3, -0.25) is 14.4 Å². The maximum atomic E-state index is 13.5. The molecule has 14 heteroatoms. The smallest absolute Gasteiger partial charge is 0.410 e. The van der Waals surface area contributed by atoms with Crippen LogP contribution in [0.1, 0.15) is 68.7 Å². The predicted octanol–water partition coefficient (Wildman–Crippen LogP) is 5.56. The molecule has 0 spiro atoms. The molecule has 1 saturated heterocycles. The zero-order valence-electron chi connectivity index (χ0n) is 29.1. The van der Waals surface area contributed by atoms with Crippen LogP contribution in [0.15, 0.2) is 42.7 Å². The Bertz CT molecular complexity index is 1760. The normalized spacial score (nSPS) is 14.3. The molecule has 48 heavy (non-hydrogen) atoms. The lowest BCUT2D eigenvalue weighted by Crippen LogP contribution is -2.49. The summed E-state index contributed by atoms with van der Waals surface area (Å²) in [5.41, 5.74) is 2.29. The summed E-state index contributed by atoms with van der Waals surface area (Å²) in [6.45, 7) is 16.4. The number of aromatic nitrogens is 2. The van der Waals surface area contributed by atoms with Gasteiger partial charge < -0.3 is 24.4 Å². The number of piperazine rings is 1. The van der Waals surface area contributed by atoms with Gasteiger partial charge in [-0.05, 0) is 68.5 Å². The molecule has 0 unspecified atom stereocenters. The molecule has 1 fully saturated rings. The number of anilines is 2. The van der Waals surface area contributed by atoms with Crippen molar-refractivity contribution in [2.45, 2.75) is 66.0 Å². The molecule has 2 aromatic carbocycles. The van der Waals surface area contributed by atoms with Crippen molar-refractivity contribution in [3.05, 3.63) is 65.1 Å². The van der Waals surface area contributed by atoms with E-state index in [9.17, 15) is 18.0 Å². The largest absolute Gasteiger partial charge is 0.492 e. The number of carbonyl (C=O) groups is 2. The van der Waals surface area contributed by atoms with Gasteiger partial charge in [0.05, 0.1) is 30.4 Å². The lowest BCUT2D eigenvalue weighted by molar-refractivity contribution is 0.0138. The number of rotatable bonds is 9. The van der Waals surface area contributed by atoms with Crippen LogP contribution < -0.4 is 19.5 Å². The van der Waals surface area contributed by atoms with Gasteiger partial charge in [-0.15, -0.1) is 0 Å². The molecular weight excluding hydrogens is 636 g/mol. The third-order valence-electron chi connectivity index (χ3n) is 7.48. The summed E-state index contributed by atoms with van der Waals surface area (Å²) in [5, 5.41) is 2.88. The quantitative estimate of drug-likeness (QED) is 0.293. The van der Waals surface area contributed by atoms with Crippen LogP contribution in [0.5, 0.6) is 17.4 Å². The average molecular weight is 683 g/mol. The fourth-order valence-electron chi connectivity index (χ4n) is 4.97. The van der Waals surface area contributed by atoms with Crippen molar-refractivity contribution < 1.29 is 32.2 Å². The van der Waals surface area contributed by atoms with Gasteiger partial charge in [0.25, 0.3) is 5.91 Å². The lowest BCUT2D eigenvalue weighted by Gasteiger charge is -2.35. The van der Waals surface area contributed by atoms with Crippen LogP contribution >= 0.6 is 0 Å². The SMILES string of the molecule is COc1c(NC(=O)c2ccc(C)c(Oc3cc(CN4CCN(C(=O)OC(C)(C)C)CC4)ncn3)c2)cc(C(C)(C)C)cc1NS(C)(=O)=O. The van der Waals surface area contributed by atoms with Crippen LogP contribution in [0.2, 0.25) is 0 Å². The molecule has 0 saturated carbocycles. The summed E-state index contributed by atoms with van der Waals surface area (Å²) < 4.78 is 43.9. The Labute approximate surface area is 283 Å². The third kappa shape index (κ3) is 10.0. The summed E-state index contributed by atoms with van der Waals surface area (Å²) >= 11 is 0. The number of hydrogen-bond acceptors (Lipinski definition) is 10. The van der Waals surface area contributed by atoms with Gasteiger partial charge in [0.15, 0.2) is 5.75 Å². The molecule has 0 bridgehead atoms. The molecule has 3 aromatic rings. The monoisotopic (exact) mass is 682 g/mol. The van der Waals surface area contributed by atoms with E-state index in [1.807, 2.05) is 48.5 Å². The molecule has 0 radical (unpaired) electrons. The van der Waals surface area contributed by atoms with Crippen molar-refractivity contribution in [1.29, 1.82) is 0 Å². The third-order valence-corrected chi connectivity index (χ3v) is 8.07. The second-order valence-corrected chi connectivity index (χ2v) is 15.6. The molecule has 1 aliphatic heterocycles. The van der Waals surface area contributed by atoms with Crippen LogP contribution in [0.25, 0.3) is 0 Å². The van der Waals surface area contributed by atoms with Gasteiger partial charge in [-0.1, -0.05) is 26.8 Å². The molecule has 2 amide bonds. The number of benzene rings is 2. The first kappa shape index (κ1) is 36.4. The molecule has 2 N–H and O–H groups in total. The van der Waals surface area contributed by atoms with Gasteiger partial charge in [0, 0.05) is 44.4 Å². The van der Waals surface area contributed by atoms with Crippen LogP contribution in [-0.4, -0.2) is 85.3 Å². The summed E-state index contributed by atoms with van der Waals surface area (Å²) in [4.78, 5) is 38.6. The Kier molecular flexibility index (Phi) is 10.9. The number of amides is 2. The number of methoxy groups -OCH3 is 1. The first-order valence-corrected chi connectivity index (χ1v) is 17.5. The van der Waals surface area contributed by atoms with E-state index in [1.165, 1.54) is 13.4 Å². The van der Waals surface area contributed by atoms with Gasteiger partial charge in [0.2, 0.25) is 15.9 Å². The average Bonchev–Trinajstić information content (AvgIpc) is 2.96. The molecule has 260 valence electrons. The highest BCUT2D eigenvalue weighted by Gasteiger charge is 2.26. The molecule has 0 atom stereocenters. The highest BCUT2D eigenvalue weighted by molar-refractivity contribution is 7.92. The lowest BCUT2D eigenvalue weighted by atomic mass is 9.86. The zero-order valence-corrected chi connectivity index (χ0v) is 29.9. The Morgan fingerprint density at radius 1 is 0.938 bits per heavy atom. The van der Waals surface area contributed by atoms with Gasteiger partial charge in [-0.25, -0.2) is 23.2 Å². The molecule has 1 aromatic heterocycles. The number of aryl methyl sites for hydroxylation is 1. The summed E-state index contributed by atoms with van der Waals surface area (Å²) in [7, 11) is -2.21. The molecule has 2 heterocycles. The second kappa shape index (κ2) is 14.4. The van der Waals surface area contributed by atoms with Crippen molar-refractivity contribution in [2.75, 3.05) is 49.6 Å². The first-order chi connectivity index (χ1) is 22.3. The fraction of sp³-hybridized carbons (Fsp3) is 0.471. The van der Waals surface area contributed by atoms with E-state index in [2.05, 4.69) is 24.9 Å². The minimum absolute atomic E-state index is 0.185. The number of nitrogens with zero attached hydrogens (tertiary/aromatic N) is 4. The highest BCUT2D eigenvalue weighted by Crippen LogP contribution is 2.39. The molecule has 0 aliphatic carbocycles. The van der Waals surface area contributed by atoms with E-state index in [-0.39, 0.29) is 22.9 Å². The minimum atomic E-state index is -3.62. The van der Waals surface area contributed by atoms with E-state index < -0.39 is 21.5 Å². The number of carbonyl (C=O) groups excluding carboxylic acids is 2. The maximum Gasteiger partial charge on any atom is 0.410 e. The van der Waals surface area contributed by atoms with E-state index in [1.54, 1.807) is 41.3 Å². The minimum Gasteiger partial charge on any atom is -0.492 e. The van der Waals surface area contributed by atoms with Crippen molar-refractivity contribution in [3.63, 3.8) is 0 Å². The van der Waals surface area contributed by atoms with Crippen molar-refractivity contribution in [1.82, 2.24) is 19.8 Å². The van der Waals surface area contributed by atoms with Gasteiger partial charge >= 0.3 is 6.09 Å². The maximum absolute atomic E-state index is 13.5. The molecular formula is C34H46N6O7S. The Hall–Kier alpha value is -4.43.